The SMILES string of the molecule is COc1cccc([C@@H]2CCCN2C(=O)N[C@H](C)c2nncn2C)c1. The van der Waals surface area contributed by atoms with Crippen LogP contribution >= 0.6 is 0 Å². The molecule has 1 saturated heterocycles. The van der Waals surface area contributed by atoms with Crippen LogP contribution in [0.2, 0.25) is 0 Å². The van der Waals surface area contributed by atoms with Gasteiger partial charge in [0.1, 0.15) is 12.1 Å². The first-order valence-corrected chi connectivity index (χ1v) is 8.15. The van der Waals surface area contributed by atoms with E-state index in [1.54, 1.807) is 13.4 Å². The highest BCUT2D eigenvalue weighted by atomic mass is 16.5. The number of aromatic nitrogens is 3. The van der Waals surface area contributed by atoms with E-state index in [1.807, 2.05) is 47.7 Å². The Hall–Kier alpha value is -2.57. The van der Waals surface area contributed by atoms with Crippen molar-refractivity contribution in [1.29, 1.82) is 0 Å². The molecule has 0 spiro atoms. The summed E-state index contributed by atoms with van der Waals surface area (Å²) < 4.78 is 7.11. The van der Waals surface area contributed by atoms with Gasteiger partial charge in [0.15, 0.2) is 5.82 Å². The monoisotopic (exact) mass is 329 g/mol. The fraction of sp³-hybridized carbons (Fsp3) is 0.471. The van der Waals surface area contributed by atoms with Crippen molar-refractivity contribution < 1.29 is 9.53 Å². The summed E-state index contributed by atoms with van der Waals surface area (Å²) >= 11 is 0. The molecule has 1 N–H and O–H groups in total. The maximum Gasteiger partial charge on any atom is 0.318 e. The van der Waals surface area contributed by atoms with Gasteiger partial charge in [0.25, 0.3) is 0 Å². The first-order chi connectivity index (χ1) is 11.6. The third-order valence-electron chi connectivity index (χ3n) is 4.47. The number of amides is 2. The number of nitrogens with zero attached hydrogens (tertiary/aromatic N) is 4. The molecule has 0 aliphatic carbocycles. The maximum absolute atomic E-state index is 12.7. The van der Waals surface area contributed by atoms with Crippen LogP contribution in [-0.4, -0.2) is 39.4 Å². The molecule has 0 saturated carbocycles. The van der Waals surface area contributed by atoms with Gasteiger partial charge >= 0.3 is 6.03 Å². The summed E-state index contributed by atoms with van der Waals surface area (Å²) in [6.45, 7) is 2.66. The van der Waals surface area contributed by atoms with Crippen molar-refractivity contribution >= 4 is 6.03 Å². The fourth-order valence-electron chi connectivity index (χ4n) is 3.22. The molecule has 0 bridgehead atoms. The summed E-state index contributed by atoms with van der Waals surface area (Å²) in [5.41, 5.74) is 1.10. The predicted molar refractivity (Wildman–Crippen MR) is 89.6 cm³/mol. The summed E-state index contributed by atoms with van der Waals surface area (Å²) in [4.78, 5) is 14.6. The minimum Gasteiger partial charge on any atom is -0.497 e. The Labute approximate surface area is 141 Å². The number of likely N-dealkylation sites (tertiary alicyclic amines) is 1. The van der Waals surface area contributed by atoms with Crippen molar-refractivity contribution in [2.45, 2.75) is 31.8 Å². The number of carbonyl (C=O) groups is 1. The average molecular weight is 329 g/mol. The lowest BCUT2D eigenvalue weighted by Crippen LogP contribution is -2.41. The number of nitrogens with one attached hydrogen (secondary N) is 1. The zero-order valence-electron chi connectivity index (χ0n) is 14.3. The van der Waals surface area contributed by atoms with Crippen molar-refractivity contribution in [1.82, 2.24) is 25.0 Å². The molecule has 7 nitrogen and oxygen atoms in total. The molecule has 0 radical (unpaired) electrons. The Balaban J connectivity index is 1.72. The van der Waals surface area contributed by atoms with E-state index in [-0.39, 0.29) is 18.1 Å². The number of hydrogen-bond donors (Lipinski definition) is 1. The van der Waals surface area contributed by atoms with Crippen LogP contribution in [-0.2, 0) is 7.05 Å². The molecule has 2 heterocycles. The average Bonchev–Trinajstić information content (AvgIpc) is 3.23. The molecule has 2 atom stereocenters. The second-order valence-corrected chi connectivity index (χ2v) is 6.10. The van der Waals surface area contributed by atoms with Crippen LogP contribution in [0.1, 0.15) is 43.2 Å². The summed E-state index contributed by atoms with van der Waals surface area (Å²) in [6, 6.07) is 7.73. The van der Waals surface area contributed by atoms with Crippen molar-refractivity contribution in [2.75, 3.05) is 13.7 Å². The second kappa shape index (κ2) is 6.90. The first-order valence-electron chi connectivity index (χ1n) is 8.15. The van der Waals surface area contributed by atoms with Gasteiger partial charge in [0.05, 0.1) is 19.2 Å². The topological polar surface area (TPSA) is 72.3 Å². The number of ether oxygens (including phenoxy) is 1. The van der Waals surface area contributed by atoms with Gasteiger partial charge in [-0.15, -0.1) is 10.2 Å². The van der Waals surface area contributed by atoms with Gasteiger partial charge in [-0.1, -0.05) is 12.1 Å². The van der Waals surface area contributed by atoms with Crippen molar-refractivity contribution in [2.24, 2.45) is 7.05 Å². The molecule has 2 aromatic rings. The van der Waals surface area contributed by atoms with E-state index in [0.717, 1.165) is 36.5 Å². The van der Waals surface area contributed by atoms with E-state index in [2.05, 4.69) is 15.5 Å². The Kier molecular flexibility index (Phi) is 4.69. The smallest absolute Gasteiger partial charge is 0.318 e. The van der Waals surface area contributed by atoms with Crippen molar-refractivity contribution in [3.05, 3.63) is 42.0 Å². The largest absolute Gasteiger partial charge is 0.497 e. The van der Waals surface area contributed by atoms with Crippen molar-refractivity contribution in [3.8, 4) is 5.75 Å². The highest BCUT2D eigenvalue weighted by Gasteiger charge is 2.31. The van der Waals surface area contributed by atoms with Crippen LogP contribution in [0.3, 0.4) is 0 Å². The van der Waals surface area contributed by atoms with Crippen LogP contribution in [0, 0.1) is 0 Å². The number of benzene rings is 1. The maximum atomic E-state index is 12.7. The van der Waals surface area contributed by atoms with Gasteiger partial charge in [-0.05, 0) is 37.5 Å². The van der Waals surface area contributed by atoms with Crippen molar-refractivity contribution in [3.63, 3.8) is 0 Å². The summed E-state index contributed by atoms with van der Waals surface area (Å²) in [6.07, 6.45) is 3.58. The molecule has 0 unspecified atom stereocenters. The summed E-state index contributed by atoms with van der Waals surface area (Å²) in [7, 11) is 3.52. The molecule has 1 aromatic carbocycles. The molecule has 3 rings (SSSR count). The number of urea groups is 1. The molecule has 128 valence electrons. The van der Waals surface area contributed by atoms with Crippen LogP contribution in [0.15, 0.2) is 30.6 Å². The predicted octanol–water partition coefficient (Wildman–Crippen LogP) is 2.43. The number of aryl methyl sites for hydroxylation is 1. The molecule has 2 amide bonds. The van der Waals surface area contributed by atoms with Gasteiger partial charge < -0.3 is 19.5 Å². The van der Waals surface area contributed by atoms with Gasteiger partial charge in [0.2, 0.25) is 0 Å². The normalized spacial score (nSPS) is 18.5. The number of methoxy groups -OCH3 is 1. The van der Waals surface area contributed by atoms with E-state index in [1.165, 1.54) is 0 Å². The highest BCUT2D eigenvalue weighted by molar-refractivity contribution is 5.75. The third kappa shape index (κ3) is 3.20. The van der Waals surface area contributed by atoms with Crippen LogP contribution in [0.25, 0.3) is 0 Å². The van der Waals surface area contributed by atoms with Crippen LogP contribution < -0.4 is 10.1 Å². The number of rotatable bonds is 4. The molecule has 1 aromatic heterocycles. The zero-order chi connectivity index (χ0) is 17.1. The standard InChI is InChI=1S/C17H23N5O2/c1-12(16-20-18-11-21(16)2)19-17(23)22-9-5-8-15(22)13-6-4-7-14(10-13)24-3/h4,6-7,10-12,15H,5,8-9H2,1-3H3,(H,19,23)/t12-,15+/m1/s1. The Morgan fingerprint density at radius 1 is 1.46 bits per heavy atom. The van der Waals surface area contributed by atoms with E-state index in [0.29, 0.717) is 0 Å². The lowest BCUT2D eigenvalue weighted by Gasteiger charge is -2.27. The third-order valence-corrected chi connectivity index (χ3v) is 4.47. The highest BCUT2D eigenvalue weighted by Crippen LogP contribution is 2.33. The van der Waals surface area contributed by atoms with E-state index in [9.17, 15) is 4.79 Å². The molecule has 1 aliphatic heterocycles. The zero-order valence-corrected chi connectivity index (χ0v) is 14.3. The summed E-state index contributed by atoms with van der Waals surface area (Å²) in [5, 5.41) is 10.9. The Morgan fingerprint density at radius 2 is 2.29 bits per heavy atom. The number of carbonyl (C=O) groups excluding carboxylic acids is 1. The molecular weight excluding hydrogens is 306 g/mol. The molecule has 24 heavy (non-hydrogen) atoms. The van der Waals surface area contributed by atoms with Crippen LogP contribution in [0.5, 0.6) is 5.75 Å². The quantitative estimate of drug-likeness (QED) is 0.935. The molecule has 1 fully saturated rings. The Bertz CT molecular complexity index is 715. The minimum atomic E-state index is -0.198. The lowest BCUT2D eigenvalue weighted by atomic mass is 10.0. The number of hydrogen-bond acceptors (Lipinski definition) is 4. The van der Waals surface area contributed by atoms with Gasteiger partial charge in [-0.2, -0.15) is 0 Å². The second-order valence-electron chi connectivity index (χ2n) is 6.10. The van der Waals surface area contributed by atoms with E-state index in [4.69, 9.17) is 4.74 Å². The van der Waals surface area contributed by atoms with E-state index < -0.39 is 0 Å². The van der Waals surface area contributed by atoms with E-state index >= 15 is 0 Å². The molecule has 1 aliphatic rings. The first kappa shape index (κ1) is 16.3. The fourth-order valence-corrected chi connectivity index (χ4v) is 3.22. The van der Waals surface area contributed by atoms with Crippen LogP contribution in [0.4, 0.5) is 4.79 Å². The van der Waals surface area contributed by atoms with Gasteiger partial charge in [-0.25, -0.2) is 4.79 Å². The molecule has 7 heteroatoms. The molecular formula is C17H23N5O2. The minimum absolute atomic E-state index is 0.0733. The van der Waals surface area contributed by atoms with Gasteiger partial charge in [-0.3, -0.25) is 0 Å². The summed E-state index contributed by atoms with van der Waals surface area (Å²) in [5.74, 6) is 1.55. The van der Waals surface area contributed by atoms with Gasteiger partial charge in [0, 0.05) is 13.6 Å². The lowest BCUT2D eigenvalue weighted by molar-refractivity contribution is 0.189. The Morgan fingerprint density at radius 3 is 3.00 bits per heavy atom.